The molecule has 84 valence electrons. The molecule has 0 spiro atoms. The molecule has 1 aliphatic rings. The first kappa shape index (κ1) is 10.5. The van der Waals surface area contributed by atoms with Crippen LogP contribution in [0.3, 0.4) is 0 Å². The van der Waals surface area contributed by atoms with Crippen LogP contribution in [0.1, 0.15) is 11.7 Å². The van der Waals surface area contributed by atoms with Crippen LogP contribution in [0.25, 0.3) is 0 Å². The molecule has 1 aromatic carbocycles. The fraction of sp³-hybridized carbons (Fsp3) is 0.300. The predicted octanol–water partition coefficient (Wildman–Crippen LogP) is 1.57. The van der Waals surface area contributed by atoms with Crippen LogP contribution >= 0.6 is 0 Å². The van der Waals surface area contributed by atoms with Crippen LogP contribution in [0.4, 0.5) is 4.39 Å². The molecule has 0 radical (unpaired) electrons. The van der Waals surface area contributed by atoms with Crippen molar-refractivity contribution in [3.05, 3.63) is 45.8 Å². The van der Waals surface area contributed by atoms with Gasteiger partial charge in [0.15, 0.2) is 0 Å². The van der Waals surface area contributed by atoms with Crippen molar-refractivity contribution in [3.8, 4) is 0 Å². The maximum Gasteiger partial charge on any atom is 0.277 e. The summed E-state index contributed by atoms with van der Waals surface area (Å²) in [5.41, 5.74) is 0.767. The Kier molecular flexibility index (Phi) is 2.80. The number of nitro groups is 1. The third-order valence-corrected chi connectivity index (χ3v) is 2.22. The van der Waals surface area contributed by atoms with E-state index in [0.29, 0.717) is 6.54 Å². The van der Waals surface area contributed by atoms with Crippen LogP contribution < -0.4 is 0 Å². The third kappa shape index (κ3) is 2.33. The number of nitrogens with zero attached hydrogens (tertiary/aromatic N) is 2. The number of benzene rings is 1. The largest absolute Gasteiger partial charge is 0.466 e. The Morgan fingerprint density at radius 3 is 2.81 bits per heavy atom. The molecule has 0 saturated carbocycles. The molecule has 0 bridgehead atoms. The first-order valence-electron chi connectivity index (χ1n) is 4.72. The molecule has 2 rings (SSSR count). The standard InChI is InChI=1S/C10H9FN2O3/c11-8-3-1-7(2-4-8)9-5-12-10(16-9)6-13(14)15/h1-4,9H,5-6H2. The Morgan fingerprint density at radius 2 is 2.19 bits per heavy atom. The molecule has 0 N–H and O–H groups in total. The number of aliphatic imine (C=N–C) groups is 1. The highest BCUT2D eigenvalue weighted by atomic mass is 19.1. The second-order valence-electron chi connectivity index (χ2n) is 3.38. The molecule has 0 amide bonds. The molecular formula is C10H9FN2O3. The predicted molar refractivity (Wildman–Crippen MR) is 54.4 cm³/mol. The molecule has 6 heteroatoms. The highest BCUT2D eigenvalue weighted by Crippen LogP contribution is 2.22. The Bertz CT molecular complexity index is 430. The normalized spacial score (nSPS) is 19.1. The quantitative estimate of drug-likeness (QED) is 0.578. The van der Waals surface area contributed by atoms with E-state index in [1.54, 1.807) is 12.1 Å². The van der Waals surface area contributed by atoms with E-state index in [2.05, 4.69) is 4.99 Å². The number of rotatable bonds is 3. The van der Waals surface area contributed by atoms with E-state index in [1.807, 2.05) is 0 Å². The van der Waals surface area contributed by atoms with E-state index in [9.17, 15) is 14.5 Å². The Hall–Kier alpha value is -1.98. The molecule has 1 atom stereocenters. The maximum absolute atomic E-state index is 12.7. The van der Waals surface area contributed by atoms with Crippen molar-refractivity contribution in [1.29, 1.82) is 0 Å². The summed E-state index contributed by atoms with van der Waals surface area (Å²) < 4.78 is 17.9. The summed E-state index contributed by atoms with van der Waals surface area (Å²) >= 11 is 0. The van der Waals surface area contributed by atoms with Crippen LogP contribution in [0, 0.1) is 15.9 Å². The van der Waals surface area contributed by atoms with Gasteiger partial charge in [0.1, 0.15) is 11.9 Å². The van der Waals surface area contributed by atoms with Crippen molar-refractivity contribution < 1.29 is 14.1 Å². The van der Waals surface area contributed by atoms with E-state index in [4.69, 9.17) is 4.74 Å². The van der Waals surface area contributed by atoms with Gasteiger partial charge in [-0.2, -0.15) is 0 Å². The topological polar surface area (TPSA) is 64.7 Å². The van der Waals surface area contributed by atoms with Crippen LogP contribution in [0.15, 0.2) is 29.3 Å². The Labute approximate surface area is 90.7 Å². The molecule has 0 saturated heterocycles. The highest BCUT2D eigenvalue weighted by molar-refractivity contribution is 5.78. The monoisotopic (exact) mass is 224 g/mol. The average molecular weight is 224 g/mol. The SMILES string of the molecule is O=[N+]([O-])CC1=NCC(c2ccc(F)cc2)O1. The lowest BCUT2D eigenvalue weighted by atomic mass is 10.1. The van der Waals surface area contributed by atoms with Gasteiger partial charge in [0.2, 0.25) is 0 Å². The van der Waals surface area contributed by atoms with Gasteiger partial charge in [-0.1, -0.05) is 12.1 Å². The van der Waals surface area contributed by atoms with Gasteiger partial charge < -0.3 is 4.74 Å². The molecule has 1 heterocycles. The van der Waals surface area contributed by atoms with Crippen LogP contribution in [-0.4, -0.2) is 23.9 Å². The summed E-state index contributed by atoms with van der Waals surface area (Å²) in [6.45, 7) is -0.0630. The van der Waals surface area contributed by atoms with Gasteiger partial charge in [-0.05, 0) is 17.7 Å². The van der Waals surface area contributed by atoms with Crippen molar-refractivity contribution in [2.75, 3.05) is 13.1 Å². The number of ether oxygens (including phenoxy) is 1. The summed E-state index contributed by atoms with van der Waals surface area (Å²) in [5, 5.41) is 10.2. The van der Waals surface area contributed by atoms with Gasteiger partial charge in [0.05, 0.1) is 6.54 Å². The van der Waals surface area contributed by atoms with Gasteiger partial charge in [0, 0.05) is 4.92 Å². The lowest BCUT2D eigenvalue weighted by Gasteiger charge is -2.09. The van der Waals surface area contributed by atoms with E-state index in [-0.39, 0.29) is 17.8 Å². The summed E-state index contributed by atoms with van der Waals surface area (Å²) in [6, 6.07) is 5.82. The smallest absolute Gasteiger partial charge is 0.277 e. The summed E-state index contributed by atoms with van der Waals surface area (Å²) in [5.74, 6) is -0.201. The number of halogens is 1. The van der Waals surface area contributed by atoms with Crippen molar-refractivity contribution >= 4 is 5.90 Å². The second kappa shape index (κ2) is 4.26. The van der Waals surface area contributed by atoms with Crippen LogP contribution in [-0.2, 0) is 4.74 Å². The molecular weight excluding hydrogens is 215 g/mol. The molecule has 1 aliphatic heterocycles. The average Bonchev–Trinajstić information content (AvgIpc) is 2.66. The maximum atomic E-state index is 12.7. The van der Waals surface area contributed by atoms with E-state index >= 15 is 0 Å². The van der Waals surface area contributed by atoms with Crippen molar-refractivity contribution in [3.63, 3.8) is 0 Å². The van der Waals surface area contributed by atoms with Crippen molar-refractivity contribution in [1.82, 2.24) is 0 Å². The molecule has 0 aliphatic carbocycles. The number of hydrogen-bond acceptors (Lipinski definition) is 4. The van der Waals surface area contributed by atoms with Crippen LogP contribution in [0.2, 0.25) is 0 Å². The van der Waals surface area contributed by atoms with Crippen molar-refractivity contribution in [2.45, 2.75) is 6.10 Å². The molecule has 16 heavy (non-hydrogen) atoms. The Morgan fingerprint density at radius 1 is 1.50 bits per heavy atom. The summed E-state index contributed by atoms with van der Waals surface area (Å²) in [6.07, 6.45) is -0.337. The fourth-order valence-corrected chi connectivity index (χ4v) is 1.47. The zero-order valence-electron chi connectivity index (χ0n) is 8.30. The van der Waals surface area contributed by atoms with E-state index in [0.717, 1.165) is 5.56 Å². The molecule has 1 aromatic rings. The zero-order chi connectivity index (χ0) is 11.5. The molecule has 5 nitrogen and oxygen atoms in total. The summed E-state index contributed by atoms with van der Waals surface area (Å²) in [7, 11) is 0. The minimum Gasteiger partial charge on any atom is -0.466 e. The van der Waals surface area contributed by atoms with E-state index in [1.165, 1.54) is 12.1 Å². The lowest BCUT2D eigenvalue weighted by molar-refractivity contribution is -0.465. The van der Waals surface area contributed by atoms with Crippen molar-refractivity contribution in [2.24, 2.45) is 4.99 Å². The van der Waals surface area contributed by atoms with Gasteiger partial charge >= 0.3 is 0 Å². The van der Waals surface area contributed by atoms with Gasteiger partial charge in [-0.3, -0.25) is 10.1 Å². The van der Waals surface area contributed by atoms with Gasteiger partial charge in [0.25, 0.3) is 12.4 Å². The number of hydrogen-bond donors (Lipinski definition) is 0. The van der Waals surface area contributed by atoms with Gasteiger partial charge in [-0.15, -0.1) is 0 Å². The molecule has 0 fully saturated rings. The van der Waals surface area contributed by atoms with E-state index < -0.39 is 11.5 Å². The fourth-order valence-electron chi connectivity index (χ4n) is 1.47. The first-order valence-corrected chi connectivity index (χ1v) is 4.72. The second-order valence-corrected chi connectivity index (χ2v) is 3.38. The molecule has 1 unspecified atom stereocenters. The Balaban J connectivity index is 2.00. The zero-order valence-corrected chi connectivity index (χ0v) is 8.30. The van der Waals surface area contributed by atoms with Crippen LogP contribution in [0.5, 0.6) is 0 Å². The third-order valence-electron chi connectivity index (χ3n) is 2.22. The minimum absolute atomic E-state index is 0.124. The first-order chi connectivity index (χ1) is 7.65. The highest BCUT2D eigenvalue weighted by Gasteiger charge is 2.24. The molecule has 0 aromatic heterocycles. The minimum atomic E-state index is -0.494. The lowest BCUT2D eigenvalue weighted by Crippen LogP contribution is -2.15. The summed E-state index contributed by atoms with van der Waals surface area (Å²) in [4.78, 5) is 13.7. The van der Waals surface area contributed by atoms with Gasteiger partial charge in [-0.25, -0.2) is 9.38 Å².